The van der Waals surface area contributed by atoms with Gasteiger partial charge in [0, 0.05) is 19.8 Å². The van der Waals surface area contributed by atoms with E-state index in [-0.39, 0.29) is 11.9 Å². The molecule has 0 aliphatic rings. The number of hydrogen-bond donors (Lipinski definition) is 1. The second-order valence-electron chi connectivity index (χ2n) is 4.17. The molecule has 0 aliphatic carbocycles. The van der Waals surface area contributed by atoms with Crippen molar-refractivity contribution in [3.63, 3.8) is 0 Å². The van der Waals surface area contributed by atoms with Crippen LogP contribution in [0.3, 0.4) is 0 Å². The molecule has 0 bridgehead atoms. The maximum atomic E-state index is 12.1. The highest BCUT2D eigenvalue weighted by Crippen LogP contribution is 2.27. The summed E-state index contributed by atoms with van der Waals surface area (Å²) in [6.07, 6.45) is -0.501. The fourth-order valence-corrected chi connectivity index (χ4v) is 1.84. The van der Waals surface area contributed by atoms with Crippen LogP contribution in [0.25, 0.3) is 0 Å². The molecule has 1 aromatic rings. The van der Waals surface area contributed by atoms with Crippen molar-refractivity contribution in [3.05, 3.63) is 23.8 Å². The summed E-state index contributed by atoms with van der Waals surface area (Å²) in [5, 5.41) is 2.80. The van der Waals surface area contributed by atoms with Gasteiger partial charge in [-0.1, -0.05) is 0 Å². The summed E-state index contributed by atoms with van der Waals surface area (Å²) in [7, 11) is 6.11. The van der Waals surface area contributed by atoms with Crippen LogP contribution in [0.4, 0.5) is 0 Å². The molecular formula is C14H21NO5. The number of hydrogen-bond acceptors (Lipinski definition) is 5. The third-order valence-electron chi connectivity index (χ3n) is 2.88. The molecule has 1 aromatic carbocycles. The van der Waals surface area contributed by atoms with Crippen molar-refractivity contribution < 1.29 is 23.7 Å². The first kappa shape index (κ1) is 16.3. The molecule has 0 saturated heterocycles. The van der Waals surface area contributed by atoms with E-state index in [0.29, 0.717) is 17.1 Å². The summed E-state index contributed by atoms with van der Waals surface area (Å²) < 4.78 is 20.5. The first-order valence-electron chi connectivity index (χ1n) is 6.15. The van der Waals surface area contributed by atoms with Gasteiger partial charge in [-0.05, 0) is 25.1 Å². The minimum atomic E-state index is -0.501. The van der Waals surface area contributed by atoms with Crippen molar-refractivity contribution in [2.24, 2.45) is 0 Å². The van der Waals surface area contributed by atoms with Crippen LogP contribution in [-0.2, 0) is 9.47 Å². The van der Waals surface area contributed by atoms with Crippen molar-refractivity contribution in [3.8, 4) is 11.5 Å². The molecule has 1 atom stereocenters. The lowest BCUT2D eigenvalue weighted by Crippen LogP contribution is -2.42. The van der Waals surface area contributed by atoms with Crippen LogP contribution in [0.2, 0.25) is 0 Å². The van der Waals surface area contributed by atoms with E-state index in [1.54, 1.807) is 32.2 Å². The molecule has 0 heterocycles. The predicted molar refractivity (Wildman–Crippen MR) is 74.3 cm³/mol. The van der Waals surface area contributed by atoms with Gasteiger partial charge in [0.2, 0.25) is 0 Å². The Morgan fingerprint density at radius 1 is 1.05 bits per heavy atom. The highest BCUT2D eigenvalue weighted by Gasteiger charge is 2.19. The van der Waals surface area contributed by atoms with Gasteiger partial charge in [0.25, 0.3) is 5.91 Å². The zero-order valence-corrected chi connectivity index (χ0v) is 12.4. The molecule has 0 fully saturated rings. The summed E-state index contributed by atoms with van der Waals surface area (Å²) in [5.41, 5.74) is 0.473. The SMILES string of the molecule is COc1ccc(C(=O)NC(C)C(OC)OC)cc1OC. The zero-order valence-electron chi connectivity index (χ0n) is 12.4. The smallest absolute Gasteiger partial charge is 0.251 e. The van der Waals surface area contributed by atoms with Crippen LogP contribution >= 0.6 is 0 Å². The molecule has 20 heavy (non-hydrogen) atoms. The van der Waals surface area contributed by atoms with Crippen molar-refractivity contribution in [2.45, 2.75) is 19.3 Å². The summed E-state index contributed by atoms with van der Waals surface area (Å²) in [6, 6.07) is 4.68. The Balaban J connectivity index is 2.82. The number of rotatable bonds is 7. The Morgan fingerprint density at radius 3 is 2.15 bits per heavy atom. The Hall–Kier alpha value is -1.79. The lowest BCUT2D eigenvalue weighted by Gasteiger charge is -2.22. The molecule has 0 spiro atoms. The van der Waals surface area contributed by atoms with Crippen molar-refractivity contribution in [1.29, 1.82) is 0 Å². The largest absolute Gasteiger partial charge is 0.493 e. The molecule has 6 heteroatoms. The summed E-state index contributed by atoms with van der Waals surface area (Å²) >= 11 is 0. The zero-order chi connectivity index (χ0) is 15.1. The highest BCUT2D eigenvalue weighted by atomic mass is 16.7. The summed E-state index contributed by atoms with van der Waals surface area (Å²) in [4.78, 5) is 12.1. The van der Waals surface area contributed by atoms with E-state index in [9.17, 15) is 4.79 Å². The van der Waals surface area contributed by atoms with Gasteiger partial charge in [0.05, 0.1) is 20.3 Å². The maximum absolute atomic E-state index is 12.1. The van der Waals surface area contributed by atoms with E-state index in [4.69, 9.17) is 18.9 Å². The van der Waals surface area contributed by atoms with E-state index in [0.717, 1.165) is 0 Å². The van der Waals surface area contributed by atoms with Gasteiger partial charge >= 0.3 is 0 Å². The molecule has 1 unspecified atom stereocenters. The fraction of sp³-hybridized carbons (Fsp3) is 0.500. The molecule has 0 aromatic heterocycles. The number of methoxy groups -OCH3 is 4. The van der Waals surface area contributed by atoms with Gasteiger partial charge in [0.1, 0.15) is 0 Å². The number of ether oxygens (including phenoxy) is 4. The summed E-state index contributed by atoms with van der Waals surface area (Å²) in [6.45, 7) is 1.80. The highest BCUT2D eigenvalue weighted by molar-refractivity contribution is 5.95. The van der Waals surface area contributed by atoms with E-state index in [1.807, 2.05) is 0 Å². The number of carbonyl (C=O) groups is 1. The van der Waals surface area contributed by atoms with Gasteiger partial charge < -0.3 is 24.3 Å². The third kappa shape index (κ3) is 3.85. The molecule has 1 N–H and O–H groups in total. The quantitative estimate of drug-likeness (QED) is 0.767. The molecule has 6 nitrogen and oxygen atoms in total. The van der Waals surface area contributed by atoms with Crippen LogP contribution < -0.4 is 14.8 Å². The molecule has 0 radical (unpaired) electrons. The van der Waals surface area contributed by atoms with E-state index in [2.05, 4.69) is 5.32 Å². The van der Waals surface area contributed by atoms with Gasteiger partial charge in [-0.2, -0.15) is 0 Å². The lowest BCUT2D eigenvalue weighted by molar-refractivity contribution is -0.117. The predicted octanol–water partition coefficient (Wildman–Crippen LogP) is 1.44. The Morgan fingerprint density at radius 2 is 1.65 bits per heavy atom. The monoisotopic (exact) mass is 283 g/mol. The normalized spacial score (nSPS) is 12.1. The molecule has 0 saturated carbocycles. The van der Waals surface area contributed by atoms with Crippen molar-refractivity contribution in [2.75, 3.05) is 28.4 Å². The molecule has 1 rings (SSSR count). The minimum absolute atomic E-state index is 0.238. The average Bonchev–Trinajstić information content (AvgIpc) is 2.47. The molecule has 1 amide bonds. The van der Waals surface area contributed by atoms with Crippen LogP contribution in [0.5, 0.6) is 11.5 Å². The van der Waals surface area contributed by atoms with Gasteiger partial charge in [0.15, 0.2) is 17.8 Å². The van der Waals surface area contributed by atoms with Crippen molar-refractivity contribution in [1.82, 2.24) is 5.32 Å². The third-order valence-corrected chi connectivity index (χ3v) is 2.88. The first-order valence-corrected chi connectivity index (χ1v) is 6.15. The second kappa shape index (κ2) is 7.72. The lowest BCUT2D eigenvalue weighted by atomic mass is 10.1. The van der Waals surface area contributed by atoms with Gasteiger partial charge in [-0.25, -0.2) is 0 Å². The number of nitrogens with one attached hydrogen (secondary N) is 1. The summed E-state index contributed by atoms with van der Waals surface area (Å²) in [5.74, 6) is 0.837. The van der Waals surface area contributed by atoms with Crippen molar-refractivity contribution >= 4 is 5.91 Å². The topological polar surface area (TPSA) is 66.0 Å². The van der Waals surface area contributed by atoms with Crippen LogP contribution in [0.1, 0.15) is 17.3 Å². The van der Waals surface area contributed by atoms with Crippen LogP contribution in [0, 0.1) is 0 Å². The standard InChI is InChI=1S/C14H21NO5/c1-9(14(19-4)20-5)15-13(16)10-6-7-11(17-2)12(8-10)18-3/h6-9,14H,1-5H3,(H,15,16). The maximum Gasteiger partial charge on any atom is 0.251 e. The number of amides is 1. The van der Waals surface area contributed by atoms with Crippen LogP contribution in [0.15, 0.2) is 18.2 Å². The van der Waals surface area contributed by atoms with Gasteiger partial charge in [-0.3, -0.25) is 4.79 Å². The van der Waals surface area contributed by atoms with E-state index in [1.165, 1.54) is 21.3 Å². The molecular weight excluding hydrogens is 262 g/mol. The molecule has 112 valence electrons. The Labute approximate surface area is 119 Å². The Bertz CT molecular complexity index is 445. The minimum Gasteiger partial charge on any atom is -0.493 e. The fourth-order valence-electron chi connectivity index (χ4n) is 1.84. The van der Waals surface area contributed by atoms with E-state index >= 15 is 0 Å². The van der Waals surface area contributed by atoms with Gasteiger partial charge in [-0.15, -0.1) is 0 Å². The number of benzene rings is 1. The molecule has 0 aliphatic heterocycles. The van der Waals surface area contributed by atoms with Crippen LogP contribution in [-0.4, -0.2) is 46.7 Å². The Kier molecular flexibility index (Phi) is 6.27. The number of carbonyl (C=O) groups excluding carboxylic acids is 1. The average molecular weight is 283 g/mol. The van der Waals surface area contributed by atoms with E-state index < -0.39 is 6.29 Å². The second-order valence-corrected chi connectivity index (χ2v) is 4.17. The first-order chi connectivity index (χ1) is 9.57.